The third-order valence-electron chi connectivity index (χ3n) is 4.66. The van der Waals surface area contributed by atoms with Crippen LogP contribution in [0.2, 0.25) is 0 Å². The summed E-state index contributed by atoms with van der Waals surface area (Å²) in [7, 11) is 0. The Bertz CT molecular complexity index is 718. The highest BCUT2D eigenvalue weighted by Crippen LogP contribution is 2.24. The first kappa shape index (κ1) is 17.4. The molecule has 6 nitrogen and oxygen atoms in total. The predicted molar refractivity (Wildman–Crippen MR) is 96.8 cm³/mol. The number of hydrogen-bond donors (Lipinski definition) is 3. The Morgan fingerprint density at radius 1 is 1.20 bits per heavy atom. The van der Waals surface area contributed by atoms with Crippen LogP contribution in [0.4, 0.5) is 11.5 Å². The molecule has 2 unspecified atom stereocenters. The van der Waals surface area contributed by atoms with Crippen LogP contribution in [0.3, 0.4) is 0 Å². The molecule has 132 valence electrons. The number of aromatic nitrogens is 2. The molecule has 0 aliphatic heterocycles. The number of hydrogen-bond acceptors (Lipinski definition) is 5. The van der Waals surface area contributed by atoms with E-state index in [4.69, 9.17) is 0 Å². The molecule has 2 atom stereocenters. The molecule has 1 aliphatic rings. The molecule has 3 rings (SSSR count). The first-order valence-corrected chi connectivity index (χ1v) is 8.75. The minimum absolute atomic E-state index is 0.0471. The van der Waals surface area contributed by atoms with Gasteiger partial charge < -0.3 is 15.7 Å². The number of carbonyl (C=O) groups is 1. The molecule has 2 aromatic rings. The van der Waals surface area contributed by atoms with E-state index in [9.17, 15) is 9.90 Å². The maximum Gasteiger partial charge on any atom is 0.251 e. The van der Waals surface area contributed by atoms with Gasteiger partial charge in [0.15, 0.2) is 5.82 Å². The van der Waals surface area contributed by atoms with Crippen molar-refractivity contribution in [1.82, 2.24) is 15.5 Å². The summed E-state index contributed by atoms with van der Waals surface area (Å²) in [4.78, 5) is 12.6. The van der Waals surface area contributed by atoms with Crippen molar-refractivity contribution in [2.24, 2.45) is 5.92 Å². The third kappa shape index (κ3) is 4.54. The van der Waals surface area contributed by atoms with Gasteiger partial charge in [-0.05, 0) is 50.1 Å². The largest absolute Gasteiger partial charge is 0.396 e. The van der Waals surface area contributed by atoms with Gasteiger partial charge in [0.1, 0.15) is 0 Å². The minimum atomic E-state index is -0.107. The molecule has 1 aromatic heterocycles. The minimum Gasteiger partial charge on any atom is -0.396 e. The number of aryl methyl sites for hydroxylation is 1. The van der Waals surface area contributed by atoms with Crippen molar-refractivity contribution >= 4 is 17.4 Å². The van der Waals surface area contributed by atoms with Crippen LogP contribution in [0.5, 0.6) is 0 Å². The quantitative estimate of drug-likeness (QED) is 0.779. The highest BCUT2D eigenvalue weighted by Gasteiger charge is 2.26. The van der Waals surface area contributed by atoms with Gasteiger partial charge in [-0.15, -0.1) is 5.10 Å². The lowest BCUT2D eigenvalue weighted by molar-refractivity contribution is 0.0872. The normalized spacial score (nSPS) is 20.1. The van der Waals surface area contributed by atoms with Gasteiger partial charge in [-0.2, -0.15) is 5.10 Å². The van der Waals surface area contributed by atoms with Gasteiger partial charge in [-0.3, -0.25) is 4.79 Å². The lowest BCUT2D eigenvalue weighted by atomic mass is 9.85. The van der Waals surface area contributed by atoms with Gasteiger partial charge >= 0.3 is 0 Å². The van der Waals surface area contributed by atoms with E-state index in [0.29, 0.717) is 11.4 Å². The predicted octanol–water partition coefficient (Wildman–Crippen LogP) is 2.81. The number of amides is 1. The van der Waals surface area contributed by atoms with Crippen LogP contribution in [0.15, 0.2) is 36.4 Å². The SMILES string of the molecule is Cc1ccc(Nc2cccc(C(=O)NC3CCCCC3CO)c2)nn1. The average Bonchev–Trinajstić information content (AvgIpc) is 2.64. The standard InChI is InChI=1S/C19H24N4O2/c1-13-9-10-18(23-22-13)20-16-7-4-6-14(11-16)19(25)21-17-8-3-2-5-15(17)12-24/h4,6-7,9-11,15,17,24H,2-3,5,8,12H2,1H3,(H,20,23)(H,21,25). The summed E-state index contributed by atoms with van der Waals surface area (Å²) >= 11 is 0. The number of carbonyl (C=O) groups excluding carboxylic acids is 1. The average molecular weight is 340 g/mol. The first-order valence-electron chi connectivity index (χ1n) is 8.75. The Labute approximate surface area is 147 Å². The molecule has 1 aliphatic carbocycles. The highest BCUT2D eigenvalue weighted by molar-refractivity contribution is 5.95. The van der Waals surface area contributed by atoms with Crippen LogP contribution in [0.1, 0.15) is 41.7 Å². The summed E-state index contributed by atoms with van der Waals surface area (Å²) in [6.45, 7) is 2.01. The van der Waals surface area contributed by atoms with E-state index in [0.717, 1.165) is 37.1 Å². The topological polar surface area (TPSA) is 87.1 Å². The van der Waals surface area contributed by atoms with Crippen molar-refractivity contribution in [2.45, 2.75) is 38.6 Å². The zero-order valence-electron chi connectivity index (χ0n) is 14.4. The molecule has 6 heteroatoms. The van der Waals surface area contributed by atoms with Crippen LogP contribution >= 0.6 is 0 Å². The van der Waals surface area contributed by atoms with Gasteiger partial charge in [0.2, 0.25) is 0 Å². The third-order valence-corrected chi connectivity index (χ3v) is 4.66. The molecule has 25 heavy (non-hydrogen) atoms. The Morgan fingerprint density at radius 2 is 2.04 bits per heavy atom. The molecule has 0 saturated heterocycles. The van der Waals surface area contributed by atoms with Gasteiger partial charge in [0.05, 0.1) is 5.69 Å². The summed E-state index contributed by atoms with van der Waals surface area (Å²) in [5.41, 5.74) is 2.23. The highest BCUT2D eigenvalue weighted by atomic mass is 16.3. The van der Waals surface area contributed by atoms with Gasteiger partial charge in [0.25, 0.3) is 5.91 Å². The van der Waals surface area contributed by atoms with E-state index in [-0.39, 0.29) is 24.5 Å². The molecule has 1 saturated carbocycles. The summed E-state index contributed by atoms with van der Waals surface area (Å²) in [6, 6.07) is 11.1. The van der Waals surface area contributed by atoms with Crippen molar-refractivity contribution in [2.75, 3.05) is 11.9 Å². The second kappa shape index (κ2) is 8.07. The lowest BCUT2D eigenvalue weighted by Crippen LogP contribution is -2.43. The smallest absolute Gasteiger partial charge is 0.251 e. The van der Waals surface area contributed by atoms with Crippen molar-refractivity contribution in [3.63, 3.8) is 0 Å². The Morgan fingerprint density at radius 3 is 2.80 bits per heavy atom. The van der Waals surface area contributed by atoms with E-state index in [2.05, 4.69) is 20.8 Å². The molecule has 1 heterocycles. The molecule has 1 amide bonds. The van der Waals surface area contributed by atoms with E-state index in [1.165, 1.54) is 0 Å². The molecular weight excluding hydrogens is 316 g/mol. The fourth-order valence-corrected chi connectivity index (χ4v) is 3.22. The van der Waals surface area contributed by atoms with Crippen LogP contribution in [0.25, 0.3) is 0 Å². The summed E-state index contributed by atoms with van der Waals surface area (Å²) in [5, 5.41) is 23.8. The fraction of sp³-hybridized carbons (Fsp3) is 0.421. The number of benzene rings is 1. The molecular formula is C19H24N4O2. The Hall–Kier alpha value is -2.47. The number of nitrogens with zero attached hydrogens (tertiary/aromatic N) is 2. The maximum absolute atomic E-state index is 12.6. The fourth-order valence-electron chi connectivity index (χ4n) is 3.22. The first-order chi connectivity index (χ1) is 12.2. The summed E-state index contributed by atoms with van der Waals surface area (Å²) < 4.78 is 0. The number of rotatable bonds is 5. The van der Waals surface area contributed by atoms with Crippen molar-refractivity contribution < 1.29 is 9.90 Å². The zero-order chi connectivity index (χ0) is 17.6. The van der Waals surface area contributed by atoms with Crippen molar-refractivity contribution in [3.8, 4) is 0 Å². The Kier molecular flexibility index (Phi) is 5.60. The van der Waals surface area contributed by atoms with Gasteiger partial charge in [0, 0.05) is 29.8 Å². The molecule has 0 bridgehead atoms. The maximum atomic E-state index is 12.6. The Balaban J connectivity index is 1.67. The second-order valence-corrected chi connectivity index (χ2v) is 6.57. The van der Waals surface area contributed by atoms with E-state index >= 15 is 0 Å². The second-order valence-electron chi connectivity index (χ2n) is 6.57. The van der Waals surface area contributed by atoms with Crippen molar-refractivity contribution in [1.29, 1.82) is 0 Å². The van der Waals surface area contributed by atoms with Crippen LogP contribution < -0.4 is 10.6 Å². The zero-order valence-corrected chi connectivity index (χ0v) is 14.4. The number of aliphatic hydroxyl groups is 1. The summed E-state index contributed by atoms with van der Waals surface area (Å²) in [5.74, 6) is 0.682. The van der Waals surface area contributed by atoms with Crippen LogP contribution in [0, 0.1) is 12.8 Å². The molecule has 1 fully saturated rings. The van der Waals surface area contributed by atoms with E-state index in [1.54, 1.807) is 12.1 Å². The molecule has 1 aromatic carbocycles. The van der Waals surface area contributed by atoms with Gasteiger partial charge in [-0.1, -0.05) is 18.9 Å². The number of anilines is 2. The summed E-state index contributed by atoms with van der Waals surface area (Å²) in [6.07, 6.45) is 4.10. The van der Waals surface area contributed by atoms with E-state index < -0.39 is 0 Å². The molecule has 3 N–H and O–H groups in total. The van der Waals surface area contributed by atoms with E-state index in [1.807, 2.05) is 31.2 Å². The van der Waals surface area contributed by atoms with Crippen molar-refractivity contribution in [3.05, 3.63) is 47.7 Å². The lowest BCUT2D eigenvalue weighted by Gasteiger charge is -2.30. The van der Waals surface area contributed by atoms with Crippen LogP contribution in [-0.2, 0) is 0 Å². The van der Waals surface area contributed by atoms with Gasteiger partial charge in [-0.25, -0.2) is 0 Å². The number of nitrogens with one attached hydrogen (secondary N) is 2. The monoisotopic (exact) mass is 340 g/mol. The molecule has 0 radical (unpaired) electrons. The molecule has 0 spiro atoms. The van der Waals surface area contributed by atoms with Crippen LogP contribution in [-0.4, -0.2) is 33.9 Å². The number of aliphatic hydroxyl groups excluding tert-OH is 1.